The fourth-order valence-electron chi connectivity index (χ4n) is 1.15. The maximum Gasteiger partial charge on any atom is 0.150 e. The summed E-state index contributed by atoms with van der Waals surface area (Å²) in [5, 5.41) is 0.428. The maximum absolute atomic E-state index is 13.3. The Labute approximate surface area is 85.4 Å². The quantitative estimate of drug-likeness (QED) is 0.720. The van der Waals surface area contributed by atoms with Crippen molar-refractivity contribution >= 4 is 11.6 Å². The molecule has 4 heteroatoms. The van der Waals surface area contributed by atoms with Crippen molar-refractivity contribution in [3.05, 3.63) is 47.6 Å². The van der Waals surface area contributed by atoms with Gasteiger partial charge in [-0.1, -0.05) is 11.6 Å². The number of nitrogens with zero attached hydrogens (tertiary/aromatic N) is 2. The first-order valence-corrected chi connectivity index (χ1v) is 4.37. The van der Waals surface area contributed by atoms with Crippen LogP contribution in [-0.2, 0) is 0 Å². The van der Waals surface area contributed by atoms with Crippen molar-refractivity contribution in [3.63, 3.8) is 0 Å². The molecule has 2 nitrogen and oxygen atoms in total. The standard InChI is InChI=1S/C10H6ClFN2/c11-8-2-1-4-14-10(8)7-3-5-13-6-9(7)12/h1-6H. The first-order valence-electron chi connectivity index (χ1n) is 3.99. The molecule has 0 aliphatic rings. The Morgan fingerprint density at radius 1 is 1.21 bits per heavy atom. The largest absolute Gasteiger partial charge is 0.262 e. The van der Waals surface area contributed by atoms with Crippen LogP contribution in [0.5, 0.6) is 0 Å². The number of pyridine rings is 2. The molecular formula is C10H6ClFN2. The van der Waals surface area contributed by atoms with Crippen molar-refractivity contribution in [2.75, 3.05) is 0 Å². The minimum absolute atomic E-state index is 0.366. The van der Waals surface area contributed by atoms with E-state index in [1.165, 1.54) is 6.20 Å². The minimum atomic E-state index is -0.423. The Kier molecular flexibility index (Phi) is 2.41. The van der Waals surface area contributed by atoms with Crippen molar-refractivity contribution in [2.45, 2.75) is 0 Å². The molecule has 0 aromatic carbocycles. The molecule has 0 N–H and O–H groups in total. The molecule has 0 bridgehead atoms. The Morgan fingerprint density at radius 3 is 2.79 bits per heavy atom. The first kappa shape index (κ1) is 9.09. The molecule has 0 amide bonds. The van der Waals surface area contributed by atoms with Crippen LogP contribution in [0.15, 0.2) is 36.8 Å². The first-order chi connectivity index (χ1) is 6.79. The fraction of sp³-hybridized carbons (Fsp3) is 0. The smallest absolute Gasteiger partial charge is 0.150 e. The van der Waals surface area contributed by atoms with Gasteiger partial charge in [-0.25, -0.2) is 4.39 Å². The van der Waals surface area contributed by atoms with Gasteiger partial charge in [0.05, 0.1) is 16.9 Å². The van der Waals surface area contributed by atoms with Crippen LogP contribution in [0.3, 0.4) is 0 Å². The Bertz CT molecular complexity index is 416. The molecule has 2 aromatic heterocycles. The highest BCUT2D eigenvalue weighted by Crippen LogP contribution is 2.26. The molecule has 0 saturated carbocycles. The van der Waals surface area contributed by atoms with E-state index in [-0.39, 0.29) is 0 Å². The summed E-state index contributed by atoms with van der Waals surface area (Å²) in [5.41, 5.74) is 0.805. The van der Waals surface area contributed by atoms with E-state index in [1.54, 1.807) is 24.4 Å². The Balaban J connectivity index is 2.61. The second kappa shape index (κ2) is 3.72. The number of rotatable bonds is 1. The van der Waals surface area contributed by atoms with Crippen molar-refractivity contribution in [1.29, 1.82) is 0 Å². The van der Waals surface area contributed by atoms with Crippen LogP contribution >= 0.6 is 11.6 Å². The third-order valence-electron chi connectivity index (χ3n) is 1.79. The van der Waals surface area contributed by atoms with Gasteiger partial charge in [0.15, 0.2) is 5.82 Å². The van der Waals surface area contributed by atoms with Crippen LogP contribution in [-0.4, -0.2) is 9.97 Å². The molecule has 0 saturated heterocycles. The Morgan fingerprint density at radius 2 is 2.07 bits per heavy atom. The predicted octanol–water partition coefficient (Wildman–Crippen LogP) is 2.94. The van der Waals surface area contributed by atoms with E-state index in [9.17, 15) is 4.39 Å². The van der Waals surface area contributed by atoms with Crippen LogP contribution in [0.4, 0.5) is 4.39 Å². The average Bonchev–Trinajstić information content (AvgIpc) is 2.20. The second-order valence-electron chi connectivity index (χ2n) is 2.69. The van der Waals surface area contributed by atoms with Crippen LogP contribution in [0, 0.1) is 5.82 Å². The highest BCUT2D eigenvalue weighted by molar-refractivity contribution is 6.33. The van der Waals surface area contributed by atoms with Crippen molar-refractivity contribution in [2.24, 2.45) is 0 Å². The van der Waals surface area contributed by atoms with Crippen LogP contribution in [0.25, 0.3) is 11.3 Å². The van der Waals surface area contributed by atoms with Gasteiger partial charge < -0.3 is 0 Å². The molecule has 0 spiro atoms. The summed E-state index contributed by atoms with van der Waals surface area (Å²) in [6.07, 6.45) is 4.21. The lowest BCUT2D eigenvalue weighted by molar-refractivity contribution is 0.624. The van der Waals surface area contributed by atoms with E-state index in [2.05, 4.69) is 9.97 Å². The Hall–Kier alpha value is -1.48. The maximum atomic E-state index is 13.3. The summed E-state index contributed by atoms with van der Waals surface area (Å²) in [4.78, 5) is 7.66. The molecule has 0 aliphatic carbocycles. The summed E-state index contributed by atoms with van der Waals surface area (Å²) in [5.74, 6) is -0.423. The van der Waals surface area contributed by atoms with Crippen molar-refractivity contribution < 1.29 is 4.39 Å². The van der Waals surface area contributed by atoms with Gasteiger partial charge in [0.2, 0.25) is 0 Å². The molecular weight excluding hydrogens is 203 g/mol. The zero-order valence-electron chi connectivity index (χ0n) is 7.11. The van der Waals surface area contributed by atoms with Gasteiger partial charge >= 0.3 is 0 Å². The molecule has 2 rings (SSSR count). The molecule has 0 aliphatic heterocycles. The summed E-state index contributed by atoms with van der Waals surface area (Å²) < 4.78 is 13.3. The zero-order valence-corrected chi connectivity index (χ0v) is 7.87. The van der Waals surface area contributed by atoms with Gasteiger partial charge in [-0.2, -0.15) is 0 Å². The highest BCUT2D eigenvalue weighted by Gasteiger charge is 2.08. The topological polar surface area (TPSA) is 25.8 Å². The highest BCUT2D eigenvalue weighted by atomic mass is 35.5. The number of aromatic nitrogens is 2. The predicted molar refractivity (Wildman–Crippen MR) is 52.4 cm³/mol. The van der Waals surface area contributed by atoms with E-state index in [4.69, 9.17) is 11.6 Å². The van der Waals surface area contributed by atoms with Gasteiger partial charge in [0.25, 0.3) is 0 Å². The average molecular weight is 209 g/mol. The van der Waals surface area contributed by atoms with Crippen molar-refractivity contribution in [3.8, 4) is 11.3 Å². The summed E-state index contributed by atoms with van der Waals surface area (Å²) in [6, 6.07) is 4.91. The zero-order chi connectivity index (χ0) is 9.97. The molecule has 14 heavy (non-hydrogen) atoms. The normalized spacial score (nSPS) is 10.1. The van der Waals surface area contributed by atoms with Crippen LogP contribution < -0.4 is 0 Å². The summed E-state index contributed by atoms with van der Waals surface area (Å²) >= 11 is 5.88. The molecule has 0 radical (unpaired) electrons. The SMILES string of the molecule is Fc1cnccc1-c1ncccc1Cl. The van der Waals surface area contributed by atoms with E-state index in [1.807, 2.05) is 0 Å². The van der Waals surface area contributed by atoms with Gasteiger partial charge in [-0.05, 0) is 18.2 Å². The molecule has 0 fully saturated rings. The second-order valence-corrected chi connectivity index (χ2v) is 3.10. The van der Waals surface area contributed by atoms with E-state index in [0.717, 1.165) is 6.20 Å². The molecule has 2 aromatic rings. The van der Waals surface area contributed by atoms with Crippen LogP contribution in [0.1, 0.15) is 0 Å². The van der Waals surface area contributed by atoms with E-state index < -0.39 is 5.82 Å². The molecule has 0 atom stereocenters. The fourth-order valence-corrected chi connectivity index (χ4v) is 1.37. The van der Waals surface area contributed by atoms with E-state index in [0.29, 0.717) is 16.3 Å². The minimum Gasteiger partial charge on any atom is -0.262 e. The van der Waals surface area contributed by atoms with E-state index >= 15 is 0 Å². The number of hydrogen-bond acceptors (Lipinski definition) is 2. The van der Waals surface area contributed by atoms with Gasteiger partial charge in [0.1, 0.15) is 0 Å². The summed E-state index contributed by atoms with van der Waals surface area (Å²) in [6.45, 7) is 0. The molecule has 0 unspecified atom stereocenters. The monoisotopic (exact) mass is 208 g/mol. The molecule has 70 valence electrons. The van der Waals surface area contributed by atoms with Crippen molar-refractivity contribution in [1.82, 2.24) is 9.97 Å². The third kappa shape index (κ3) is 1.59. The molecule has 2 heterocycles. The van der Waals surface area contributed by atoms with Crippen LogP contribution in [0.2, 0.25) is 5.02 Å². The van der Waals surface area contributed by atoms with Gasteiger partial charge in [0, 0.05) is 18.0 Å². The number of hydrogen-bond donors (Lipinski definition) is 0. The third-order valence-corrected chi connectivity index (χ3v) is 2.09. The van der Waals surface area contributed by atoms with Gasteiger partial charge in [-0.3, -0.25) is 9.97 Å². The lowest BCUT2D eigenvalue weighted by Gasteiger charge is -2.02. The lowest BCUT2D eigenvalue weighted by Crippen LogP contribution is -1.89. The number of halogens is 2. The summed E-state index contributed by atoms with van der Waals surface area (Å²) in [7, 11) is 0. The lowest BCUT2D eigenvalue weighted by atomic mass is 10.2. The van der Waals surface area contributed by atoms with Gasteiger partial charge in [-0.15, -0.1) is 0 Å².